The number of nitrogens with zero attached hydrogens (tertiary/aromatic N) is 3. The third-order valence-electron chi connectivity index (χ3n) is 12.2. The maximum absolute atomic E-state index is 6.54. The fourth-order valence-electron chi connectivity index (χ4n) is 9.30. The molecule has 11 rings (SSSR count). The van der Waals surface area contributed by atoms with Gasteiger partial charge in [-0.1, -0.05) is 149 Å². The van der Waals surface area contributed by atoms with Crippen molar-refractivity contribution in [2.45, 2.75) is 38.5 Å². The lowest BCUT2D eigenvalue weighted by molar-refractivity contribution is 0.660. The average molecular weight is 708 g/mol. The van der Waals surface area contributed by atoms with Gasteiger partial charge in [0.25, 0.3) is 0 Å². The van der Waals surface area contributed by atoms with Gasteiger partial charge in [0, 0.05) is 38.3 Å². The van der Waals surface area contributed by atoms with Crippen LogP contribution in [0, 0.1) is 0 Å². The van der Waals surface area contributed by atoms with E-state index in [0.29, 0.717) is 17.5 Å². The van der Waals surface area contributed by atoms with Crippen molar-refractivity contribution in [3.05, 3.63) is 174 Å². The number of fused-ring (bicyclic) bond motifs is 9. The summed E-state index contributed by atoms with van der Waals surface area (Å²) in [7, 11) is 0. The van der Waals surface area contributed by atoms with E-state index >= 15 is 0 Å². The molecule has 2 aliphatic rings. The molecule has 2 heterocycles. The highest BCUT2D eigenvalue weighted by atomic mass is 16.3. The second-order valence-electron chi connectivity index (χ2n) is 16.0. The summed E-state index contributed by atoms with van der Waals surface area (Å²) >= 11 is 0. The number of benzene rings is 7. The molecule has 0 N–H and O–H groups in total. The SMILES string of the molecule is CC1(C)c2ccccc2-c2cc(-c3nc(-c4ccc5c(c4)-c4ccccc4C5(C)C)nc(-c4ccc5c(c4)oc4cccc(-c6ccccc6)c45)n3)ccc21. The summed E-state index contributed by atoms with van der Waals surface area (Å²) in [6, 6.07) is 54.0. The molecule has 0 radical (unpaired) electrons. The van der Waals surface area contributed by atoms with Crippen LogP contribution >= 0.6 is 0 Å². The first-order valence-electron chi connectivity index (χ1n) is 19.0. The first-order chi connectivity index (χ1) is 26.8. The predicted octanol–water partition coefficient (Wildman–Crippen LogP) is 13.1. The fourth-order valence-corrected chi connectivity index (χ4v) is 9.30. The highest BCUT2D eigenvalue weighted by molar-refractivity contribution is 6.13. The zero-order chi connectivity index (χ0) is 37.1. The zero-order valence-corrected chi connectivity index (χ0v) is 31.2. The van der Waals surface area contributed by atoms with E-state index in [1.54, 1.807) is 0 Å². The highest BCUT2D eigenvalue weighted by Crippen LogP contribution is 2.51. The molecule has 0 aliphatic heterocycles. The van der Waals surface area contributed by atoms with Crippen molar-refractivity contribution in [2.75, 3.05) is 0 Å². The van der Waals surface area contributed by atoms with Gasteiger partial charge in [-0.2, -0.15) is 0 Å². The standard InChI is InChI=1S/C51H37N3O/c1-50(2)40-18-10-8-15-35(40)38-27-31(22-25-42(38)50)47-52-48(32-23-26-43-39(28-32)36-16-9-11-19-41(36)51(43,3)4)54-49(53-47)33-21-24-37-45(29-33)55-44-20-12-17-34(46(37)44)30-13-6-5-7-14-30/h5-29H,1-4H3. The molecular weight excluding hydrogens is 671 g/mol. The molecule has 0 saturated carbocycles. The van der Waals surface area contributed by atoms with Gasteiger partial charge in [-0.25, -0.2) is 15.0 Å². The van der Waals surface area contributed by atoms with Gasteiger partial charge in [-0.3, -0.25) is 0 Å². The highest BCUT2D eigenvalue weighted by Gasteiger charge is 2.36. The summed E-state index contributed by atoms with van der Waals surface area (Å²) in [4.78, 5) is 15.7. The first kappa shape index (κ1) is 31.8. The number of hydrogen-bond acceptors (Lipinski definition) is 4. The van der Waals surface area contributed by atoms with Crippen LogP contribution in [0.5, 0.6) is 0 Å². The third kappa shape index (κ3) is 4.67. The van der Waals surface area contributed by atoms with Gasteiger partial charge in [-0.15, -0.1) is 0 Å². The van der Waals surface area contributed by atoms with E-state index in [2.05, 4.69) is 167 Å². The molecule has 4 heteroatoms. The minimum atomic E-state index is -0.0866. The Morgan fingerprint density at radius 1 is 0.364 bits per heavy atom. The number of rotatable bonds is 4. The normalized spacial score (nSPS) is 14.5. The fraction of sp³-hybridized carbons (Fsp3) is 0.118. The predicted molar refractivity (Wildman–Crippen MR) is 224 cm³/mol. The van der Waals surface area contributed by atoms with Crippen LogP contribution in [0.2, 0.25) is 0 Å². The van der Waals surface area contributed by atoms with Crippen molar-refractivity contribution < 1.29 is 4.42 Å². The second-order valence-corrected chi connectivity index (χ2v) is 16.0. The van der Waals surface area contributed by atoms with E-state index < -0.39 is 0 Å². The smallest absolute Gasteiger partial charge is 0.164 e. The van der Waals surface area contributed by atoms with Crippen molar-refractivity contribution in [1.82, 2.24) is 15.0 Å². The van der Waals surface area contributed by atoms with E-state index in [1.165, 1.54) is 44.5 Å². The van der Waals surface area contributed by atoms with Gasteiger partial charge >= 0.3 is 0 Å². The zero-order valence-electron chi connectivity index (χ0n) is 31.2. The first-order valence-corrected chi connectivity index (χ1v) is 19.0. The maximum Gasteiger partial charge on any atom is 0.164 e. The molecule has 7 aromatic carbocycles. The number of furan rings is 1. The summed E-state index contributed by atoms with van der Waals surface area (Å²) in [5.41, 5.74) is 16.9. The third-order valence-corrected chi connectivity index (χ3v) is 12.2. The lowest BCUT2D eigenvalue weighted by Crippen LogP contribution is -2.14. The molecule has 0 atom stereocenters. The molecule has 55 heavy (non-hydrogen) atoms. The largest absolute Gasteiger partial charge is 0.456 e. The van der Waals surface area contributed by atoms with E-state index in [0.717, 1.165) is 49.8 Å². The van der Waals surface area contributed by atoms with Crippen LogP contribution in [0.1, 0.15) is 49.9 Å². The second kappa shape index (κ2) is 11.4. The Morgan fingerprint density at radius 3 is 1.42 bits per heavy atom. The molecule has 0 saturated heterocycles. The average Bonchev–Trinajstić information content (AvgIpc) is 3.80. The van der Waals surface area contributed by atoms with E-state index in [9.17, 15) is 0 Å². The van der Waals surface area contributed by atoms with Crippen molar-refractivity contribution in [1.29, 1.82) is 0 Å². The van der Waals surface area contributed by atoms with E-state index in [-0.39, 0.29) is 10.8 Å². The van der Waals surface area contributed by atoms with Crippen molar-refractivity contribution >= 4 is 21.9 Å². The van der Waals surface area contributed by atoms with Crippen molar-refractivity contribution in [2.24, 2.45) is 0 Å². The molecule has 4 nitrogen and oxygen atoms in total. The summed E-state index contributed by atoms with van der Waals surface area (Å²) in [6.07, 6.45) is 0. The van der Waals surface area contributed by atoms with Crippen LogP contribution in [0.25, 0.3) is 89.5 Å². The summed E-state index contributed by atoms with van der Waals surface area (Å²) in [5, 5.41) is 2.17. The Hall–Kier alpha value is -6.65. The van der Waals surface area contributed by atoms with Crippen molar-refractivity contribution in [3.63, 3.8) is 0 Å². The van der Waals surface area contributed by atoms with Gasteiger partial charge in [0.15, 0.2) is 17.5 Å². The van der Waals surface area contributed by atoms with E-state index in [4.69, 9.17) is 19.4 Å². The molecule has 262 valence electrons. The Kier molecular flexibility index (Phi) is 6.61. The van der Waals surface area contributed by atoms with E-state index in [1.807, 2.05) is 12.1 Å². The lowest BCUT2D eigenvalue weighted by atomic mass is 9.82. The minimum absolute atomic E-state index is 0.0866. The van der Waals surface area contributed by atoms with Gasteiger partial charge in [0.1, 0.15) is 11.2 Å². The van der Waals surface area contributed by atoms with Crippen LogP contribution < -0.4 is 0 Å². The lowest BCUT2D eigenvalue weighted by Gasteiger charge is -2.21. The minimum Gasteiger partial charge on any atom is -0.456 e. The monoisotopic (exact) mass is 707 g/mol. The van der Waals surface area contributed by atoms with Gasteiger partial charge < -0.3 is 4.42 Å². The number of aromatic nitrogens is 3. The summed E-state index contributed by atoms with van der Waals surface area (Å²) < 4.78 is 6.54. The molecule has 2 aromatic heterocycles. The molecule has 2 aliphatic carbocycles. The number of hydrogen-bond donors (Lipinski definition) is 0. The topological polar surface area (TPSA) is 51.8 Å². The molecule has 0 fully saturated rings. The van der Waals surface area contributed by atoms with Crippen LogP contribution in [0.3, 0.4) is 0 Å². The van der Waals surface area contributed by atoms with Crippen LogP contribution in [0.4, 0.5) is 0 Å². The Morgan fingerprint density at radius 2 is 0.836 bits per heavy atom. The molecule has 0 bridgehead atoms. The molecule has 0 unspecified atom stereocenters. The van der Waals surface area contributed by atoms with Gasteiger partial charge in [-0.05, 0) is 86.0 Å². The van der Waals surface area contributed by atoms with Crippen LogP contribution in [-0.2, 0) is 10.8 Å². The maximum atomic E-state index is 6.54. The van der Waals surface area contributed by atoms with Gasteiger partial charge in [0.05, 0.1) is 0 Å². The molecule has 0 amide bonds. The van der Waals surface area contributed by atoms with Crippen molar-refractivity contribution in [3.8, 4) is 67.5 Å². The Labute approximate surface area is 320 Å². The molecular formula is C51H37N3O. The molecule has 9 aromatic rings. The Bertz CT molecular complexity index is 2920. The Balaban J connectivity index is 1.10. The molecule has 0 spiro atoms. The summed E-state index contributed by atoms with van der Waals surface area (Å²) in [6.45, 7) is 9.23. The van der Waals surface area contributed by atoms with Crippen LogP contribution in [0.15, 0.2) is 156 Å². The summed E-state index contributed by atoms with van der Waals surface area (Å²) in [5.74, 6) is 1.89. The quantitative estimate of drug-likeness (QED) is 0.183. The van der Waals surface area contributed by atoms with Crippen LogP contribution in [-0.4, -0.2) is 15.0 Å². The van der Waals surface area contributed by atoms with Gasteiger partial charge in [0.2, 0.25) is 0 Å².